The molecule has 0 aliphatic rings. The van der Waals surface area contributed by atoms with Gasteiger partial charge in [-0.3, -0.25) is 4.79 Å². The number of thiazole rings is 1. The maximum absolute atomic E-state index is 13.2. The van der Waals surface area contributed by atoms with Crippen LogP contribution in [0.3, 0.4) is 0 Å². The summed E-state index contributed by atoms with van der Waals surface area (Å²) in [5, 5.41) is 4.65. The fourth-order valence-corrected chi connectivity index (χ4v) is 3.15. The summed E-state index contributed by atoms with van der Waals surface area (Å²) in [6, 6.07) is 13.2. The van der Waals surface area contributed by atoms with Gasteiger partial charge < -0.3 is 10.1 Å². The van der Waals surface area contributed by atoms with Crippen molar-refractivity contribution in [2.75, 3.05) is 5.32 Å². The number of benzene rings is 2. The standard InChI is InChI=1S/C19H14ClFN2O3S/c1-11(17(24)22-13-7-8-15(21)14(20)9-13)26-19(25)16-10-27-18(23-16)12-5-3-2-4-6-12/h2-11H,1H3,(H,22,24)/t11-/m0/s1. The Bertz CT molecular complexity index is 978. The number of hydrogen-bond acceptors (Lipinski definition) is 5. The van der Waals surface area contributed by atoms with E-state index in [2.05, 4.69) is 10.3 Å². The number of ether oxygens (including phenoxy) is 1. The molecule has 0 aliphatic carbocycles. The topological polar surface area (TPSA) is 68.3 Å². The Hall–Kier alpha value is -2.77. The van der Waals surface area contributed by atoms with Crippen LogP contribution in [0.4, 0.5) is 10.1 Å². The summed E-state index contributed by atoms with van der Waals surface area (Å²) in [5.74, 6) is -1.86. The number of anilines is 1. The van der Waals surface area contributed by atoms with Gasteiger partial charge in [-0.1, -0.05) is 41.9 Å². The van der Waals surface area contributed by atoms with Gasteiger partial charge in [-0.15, -0.1) is 11.3 Å². The monoisotopic (exact) mass is 404 g/mol. The number of amides is 1. The highest BCUT2D eigenvalue weighted by atomic mass is 35.5. The third-order valence-corrected chi connectivity index (χ3v) is 4.76. The fourth-order valence-electron chi connectivity index (χ4n) is 2.17. The minimum atomic E-state index is -1.07. The van der Waals surface area contributed by atoms with Gasteiger partial charge in [0.1, 0.15) is 10.8 Å². The van der Waals surface area contributed by atoms with Gasteiger partial charge in [0, 0.05) is 16.6 Å². The number of nitrogens with zero attached hydrogens (tertiary/aromatic N) is 1. The lowest BCUT2D eigenvalue weighted by atomic mass is 10.2. The van der Waals surface area contributed by atoms with Gasteiger partial charge in [0.15, 0.2) is 11.8 Å². The summed E-state index contributed by atoms with van der Waals surface area (Å²) in [5.41, 5.74) is 1.32. The molecule has 1 heterocycles. The van der Waals surface area contributed by atoms with Gasteiger partial charge >= 0.3 is 5.97 Å². The van der Waals surface area contributed by atoms with E-state index in [1.165, 1.54) is 30.4 Å². The smallest absolute Gasteiger partial charge is 0.358 e. The molecule has 3 aromatic rings. The molecule has 0 bridgehead atoms. The van der Waals surface area contributed by atoms with Crippen molar-refractivity contribution >= 4 is 40.5 Å². The lowest BCUT2D eigenvalue weighted by Crippen LogP contribution is -2.30. The number of hydrogen-bond donors (Lipinski definition) is 1. The molecule has 27 heavy (non-hydrogen) atoms. The molecular formula is C19H14ClFN2O3S. The van der Waals surface area contributed by atoms with Crippen LogP contribution in [-0.4, -0.2) is 23.0 Å². The molecule has 138 valence electrons. The molecule has 8 heteroatoms. The maximum Gasteiger partial charge on any atom is 0.358 e. The van der Waals surface area contributed by atoms with Gasteiger partial charge in [-0.05, 0) is 25.1 Å². The average Bonchev–Trinajstić information content (AvgIpc) is 3.16. The van der Waals surface area contributed by atoms with E-state index in [4.69, 9.17) is 16.3 Å². The summed E-state index contributed by atoms with van der Waals surface area (Å²) in [6.45, 7) is 1.43. The molecule has 0 fully saturated rings. The highest BCUT2D eigenvalue weighted by molar-refractivity contribution is 7.13. The molecule has 1 aromatic heterocycles. The third kappa shape index (κ3) is 4.69. The first-order valence-corrected chi connectivity index (χ1v) is 9.17. The van der Waals surface area contributed by atoms with Crippen molar-refractivity contribution in [1.29, 1.82) is 0 Å². The first-order valence-electron chi connectivity index (χ1n) is 7.92. The maximum atomic E-state index is 13.2. The predicted molar refractivity (Wildman–Crippen MR) is 102 cm³/mol. The van der Waals surface area contributed by atoms with Crippen molar-refractivity contribution in [2.45, 2.75) is 13.0 Å². The van der Waals surface area contributed by atoms with E-state index >= 15 is 0 Å². The Morgan fingerprint density at radius 2 is 1.96 bits per heavy atom. The molecule has 0 unspecified atom stereocenters. The third-order valence-electron chi connectivity index (χ3n) is 3.57. The van der Waals surface area contributed by atoms with Crippen molar-refractivity contribution in [3.05, 3.63) is 70.4 Å². The molecule has 5 nitrogen and oxygen atoms in total. The summed E-state index contributed by atoms with van der Waals surface area (Å²) >= 11 is 6.98. The van der Waals surface area contributed by atoms with E-state index in [1.54, 1.807) is 5.38 Å². The van der Waals surface area contributed by atoms with Crippen LogP contribution in [0.5, 0.6) is 0 Å². The minimum absolute atomic E-state index is 0.117. The van der Waals surface area contributed by atoms with Crippen molar-refractivity contribution in [2.24, 2.45) is 0 Å². The average molecular weight is 405 g/mol. The van der Waals surface area contributed by atoms with Gasteiger partial charge in [-0.25, -0.2) is 14.2 Å². The summed E-state index contributed by atoms with van der Waals surface area (Å²) in [4.78, 5) is 28.6. The lowest BCUT2D eigenvalue weighted by molar-refractivity contribution is -0.123. The first-order chi connectivity index (χ1) is 12.9. The Kier molecular flexibility index (Phi) is 5.83. The molecule has 0 spiro atoms. The highest BCUT2D eigenvalue weighted by Crippen LogP contribution is 2.24. The zero-order valence-electron chi connectivity index (χ0n) is 14.1. The van der Waals surface area contributed by atoms with Gasteiger partial charge in [-0.2, -0.15) is 0 Å². The van der Waals surface area contributed by atoms with Crippen LogP contribution in [0.15, 0.2) is 53.9 Å². The summed E-state index contributed by atoms with van der Waals surface area (Å²) < 4.78 is 18.3. The largest absolute Gasteiger partial charge is 0.448 e. The van der Waals surface area contributed by atoms with Gasteiger partial charge in [0.25, 0.3) is 5.91 Å². The van der Waals surface area contributed by atoms with E-state index < -0.39 is 23.8 Å². The van der Waals surface area contributed by atoms with Crippen LogP contribution in [0.25, 0.3) is 10.6 Å². The van der Waals surface area contributed by atoms with Crippen molar-refractivity contribution in [3.8, 4) is 10.6 Å². The molecule has 0 saturated carbocycles. The molecule has 3 rings (SSSR count). The molecule has 0 aliphatic heterocycles. The number of esters is 1. The van der Waals surface area contributed by atoms with Crippen LogP contribution < -0.4 is 5.32 Å². The number of rotatable bonds is 5. The second-order valence-corrected chi connectivity index (χ2v) is 6.83. The zero-order valence-corrected chi connectivity index (χ0v) is 15.7. The van der Waals surface area contributed by atoms with Crippen molar-refractivity contribution in [1.82, 2.24) is 4.98 Å². The van der Waals surface area contributed by atoms with Gasteiger partial charge in [0.05, 0.1) is 5.02 Å². The quantitative estimate of drug-likeness (QED) is 0.621. The number of carbonyl (C=O) groups is 2. The molecule has 1 amide bonds. The van der Waals surface area contributed by atoms with Crippen LogP contribution in [0.1, 0.15) is 17.4 Å². The minimum Gasteiger partial charge on any atom is -0.448 e. The molecule has 0 radical (unpaired) electrons. The van der Waals surface area contributed by atoms with E-state index in [9.17, 15) is 14.0 Å². The molecule has 1 atom stereocenters. The van der Waals surface area contributed by atoms with Crippen molar-refractivity contribution < 1.29 is 18.7 Å². The fraction of sp³-hybridized carbons (Fsp3) is 0.105. The summed E-state index contributed by atoms with van der Waals surface area (Å²) in [7, 11) is 0. The van der Waals surface area contributed by atoms with E-state index in [1.807, 2.05) is 30.3 Å². The van der Waals surface area contributed by atoms with Gasteiger partial charge in [0.2, 0.25) is 0 Å². The van der Waals surface area contributed by atoms with Crippen LogP contribution in [0.2, 0.25) is 5.02 Å². The molecule has 0 saturated heterocycles. The number of halogens is 2. The Morgan fingerprint density at radius 1 is 1.22 bits per heavy atom. The second kappa shape index (κ2) is 8.28. The Balaban J connectivity index is 1.62. The van der Waals surface area contributed by atoms with Crippen molar-refractivity contribution in [3.63, 3.8) is 0 Å². The second-order valence-electron chi connectivity index (χ2n) is 5.57. The number of aromatic nitrogens is 1. The van der Waals surface area contributed by atoms with Crippen LogP contribution in [-0.2, 0) is 9.53 Å². The normalized spacial score (nSPS) is 11.7. The number of nitrogens with one attached hydrogen (secondary N) is 1. The molecule has 2 aromatic carbocycles. The molecular weight excluding hydrogens is 391 g/mol. The highest BCUT2D eigenvalue weighted by Gasteiger charge is 2.21. The zero-order chi connectivity index (χ0) is 19.4. The lowest BCUT2D eigenvalue weighted by Gasteiger charge is -2.13. The number of carbonyl (C=O) groups excluding carboxylic acids is 2. The predicted octanol–water partition coefficient (Wildman–Crippen LogP) is 4.79. The van der Waals surface area contributed by atoms with Crippen LogP contribution in [0, 0.1) is 5.82 Å². The van der Waals surface area contributed by atoms with E-state index in [0.717, 1.165) is 11.6 Å². The first kappa shape index (κ1) is 19.0. The SMILES string of the molecule is C[C@H](OC(=O)c1csc(-c2ccccc2)n1)C(=O)Nc1ccc(F)c(Cl)c1. The summed E-state index contributed by atoms with van der Waals surface area (Å²) in [6.07, 6.45) is -1.07. The van der Waals surface area contributed by atoms with E-state index in [-0.39, 0.29) is 10.7 Å². The Morgan fingerprint density at radius 3 is 2.67 bits per heavy atom. The Labute approximate surface area is 163 Å². The van der Waals surface area contributed by atoms with Crippen LogP contribution >= 0.6 is 22.9 Å². The van der Waals surface area contributed by atoms with E-state index in [0.29, 0.717) is 10.7 Å². The molecule has 1 N–H and O–H groups in total.